The first-order valence-corrected chi connectivity index (χ1v) is 13.0. The van der Waals surface area contributed by atoms with Crippen LogP contribution in [0.15, 0.2) is 70.5 Å². The fourth-order valence-electron chi connectivity index (χ4n) is 4.44. The minimum atomic E-state index is 1.01. The van der Waals surface area contributed by atoms with Crippen molar-refractivity contribution in [1.82, 2.24) is 0 Å². The second-order valence-electron chi connectivity index (χ2n) is 8.07. The molecule has 2 aromatic carbocycles. The molecule has 0 N–H and O–H groups in total. The van der Waals surface area contributed by atoms with Gasteiger partial charge in [0.05, 0.1) is 0 Å². The van der Waals surface area contributed by atoms with Gasteiger partial charge in [-0.05, 0) is 103 Å². The van der Waals surface area contributed by atoms with Crippen LogP contribution >= 0.6 is 47.9 Å². The fraction of sp³-hybridized carbons (Fsp3) is 0.185. The van der Waals surface area contributed by atoms with Gasteiger partial charge in [-0.15, -0.1) is 47.9 Å². The van der Waals surface area contributed by atoms with Crippen LogP contribution in [0.5, 0.6) is 0 Å². The summed E-state index contributed by atoms with van der Waals surface area (Å²) in [5.74, 6) is 0. The van der Waals surface area contributed by atoms with Gasteiger partial charge >= 0.3 is 0 Å². The molecular formula is C27H24S4. The molecule has 4 aromatic rings. The van der Waals surface area contributed by atoms with Crippen LogP contribution in [0, 0.1) is 13.8 Å². The van der Waals surface area contributed by atoms with Crippen molar-refractivity contribution in [2.75, 3.05) is 0 Å². The van der Waals surface area contributed by atoms with E-state index in [0.29, 0.717) is 0 Å². The van der Waals surface area contributed by atoms with Crippen LogP contribution in [-0.4, -0.2) is 0 Å². The highest BCUT2D eigenvalue weighted by Gasteiger charge is 2.23. The monoisotopic (exact) mass is 476 g/mol. The lowest BCUT2D eigenvalue weighted by atomic mass is 9.96. The first-order valence-electron chi connectivity index (χ1n) is 10.5. The average molecular weight is 477 g/mol. The van der Waals surface area contributed by atoms with Crippen LogP contribution in [0.4, 0.5) is 0 Å². The Labute approximate surface area is 203 Å². The fourth-order valence-corrected chi connectivity index (χ4v) is 6.84. The Morgan fingerprint density at radius 2 is 1.00 bits per heavy atom. The third-order valence-corrected chi connectivity index (χ3v) is 8.80. The SMILES string of the molecule is Cc1sc(-c2ccc(S)cc2)cc1C1=C(c2cc(-c3ccc(S)cc3)sc2C)CCC1. The molecule has 2 aromatic heterocycles. The quantitative estimate of drug-likeness (QED) is 0.269. The Bertz CT molecular complexity index is 1170. The van der Waals surface area contributed by atoms with E-state index < -0.39 is 0 Å². The Morgan fingerprint density at radius 1 is 0.613 bits per heavy atom. The zero-order chi connectivity index (χ0) is 21.5. The molecule has 0 saturated carbocycles. The van der Waals surface area contributed by atoms with Crippen molar-refractivity contribution < 1.29 is 0 Å². The van der Waals surface area contributed by atoms with E-state index in [-0.39, 0.29) is 0 Å². The van der Waals surface area contributed by atoms with E-state index in [2.05, 4.69) is 99.8 Å². The third-order valence-electron chi connectivity index (χ3n) is 6.01. The molecule has 1 aliphatic rings. The van der Waals surface area contributed by atoms with Gasteiger partial charge in [0.2, 0.25) is 0 Å². The van der Waals surface area contributed by atoms with Gasteiger partial charge in [0.1, 0.15) is 0 Å². The summed E-state index contributed by atoms with van der Waals surface area (Å²) in [5, 5.41) is 0. The van der Waals surface area contributed by atoms with Gasteiger partial charge in [-0.3, -0.25) is 0 Å². The van der Waals surface area contributed by atoms with Crippen molar-refractivity contribution in [3.63, 3.8) is 0 Å². The maximum Gasteiger partial charge on any atom is 0.0351 e. The van der Waals surface area contributed by atoms with Crippen molar-refractivity contribution in [1.29, 1.82) is 0 Å². The molecule has 5 rings (SSSR count). The summed E-state index contributed by atoms with van der Waals surface area (Å²) in [7, 11) is 0. The van der Waals surface area contributed by atoms with Gasteiger partial charge < -0.3 is 0 Å². The van der Waals surface area contributed by atoms with E-state index in [4.69, 9.17) is 0 Å². The summed E-state index contributed by atoms with van der Waals surface area (Å²) < 4.78 is 0. The third kappa shape index (κ3) is 4.19. The zero-order valence-electron chi connectivity index (χ0n) is 17.6. The molecular weight excluding hydrogens is 453 g/mol. The predicted molar refractivity (Wildman–Crippen MR) is 144 cm³/mol. The molecule has 1 aliphatic carbocycles. The number of hydrogen-bond acceptors (Lipinski definition) is 4. The van der Waals surface area contributed by atoms with Gasteiger partial charge in [0.25, 0.3) is 0 Å². The lowest BCUT2D eigenvalue weighted by Gasteiger charge is -2.07. The summed E-state index contributed by atoms with van der Waals surface area (Å²) in [6.45, 7) is 4.54. The molecule has 0 unspecified atom stereocenters. The van der Waals surface area contributed by atoms with Crippen LogP contribution in [-0.2, 0) is 0 Å². The molecule has 0 aliphatic heterocycles. The largest absolute Gasteiger partial charge is 0.143 e. The molecule has 0 fully saturated rings. The van der Waals surface area contributed by atoms with Crippen LogP contribution in [0.3, 0.4) is 0 Å². The van der Waals surface area contributed by atoms with E-state index in [1.807, 2.05) is 22.7 Å². The van der Waals surface area contributed by atoms with Crippen molar-refractivity contribution in [2.45, 2.75) is 42.9 Å². The molecule has 2 heterocycles. The molecule has 156 valence electrons. The molecule has 0 radical (unpaired) electrons. The summed E-state index contributed by atoms with van der Waals surface area (Å²) in [5.41, 5.74) is 8.52. The van der Waals surface area contributed by atoms with E-state index in [0.717, 1.165) is 9.79 Å². The van der Waals surface area contributed by atoms with Crippen molar-refractivity contribution in [3.8, 4) is 20.9 Å². The second kappa shape index (κ2) is 8.67. The number of hydrogen-bond donors (Lipinski definition) is 2. The molecule has 0 amide bonds. The van der Waals surface area contributed by atoms with E-state index >= 15 is 0 Å². The van der Waals surface area contributed by atoms with Gasteiger partial charge in [-0.2, -0.15) is 0 Å². The van der Waals surface area contributed by atoms with Gasteiger partial charge in [0.15, 0.2) is 0 Å². The Hall–Kier alpha value is -1.72. The average Bonchev–Trinajstić information content (AvgIpc) is 3.47. The van der Waals surface area contributed by atoms with E-state index in [9.17, 15) is 0 Å². The van der Waals surface area contributed by atoms with Crippen LogP contribution < -0.4 is 0 Å². The Balaban J connectivity index is 1.55. The number of benzene rings is 2. The number of thiophene rings is 2. The normalized spacial score (nSPS) is 13.9. The smallest absolute Gasteiger partial charge is 0.0351 e. The first-order chi connectivity index (χ1) is 15.0. The van der Waals surface area contributed by atoms with E-state index in [1.54, 1.807) is 11.1 Å². The van der Waals surface area contributed by atoms with Gasteiger partial charge in [-0.25, -0.2) is 0 Å². The number of aryl methyl sites for hydroxylation is 2. The van der Waals surface area contributed by atoms with Gasteiger partial charge in [0, 0.05) is 29.3 Å². The van der Waals surface area contributed by atoms with Crippen LogP contribution in [0.1, 0.15) is 40.1 Å². The zero-order valence-corrected chi connectivity index (χ0v) is 21.0. The number of rotatable bonds is 4. The maximum absolute atomic E-state index is 4.43. The van der Waals surface area contributed by atoms with Gasteiger partial charge in [-0.1, -0.05) is 24.3 Å². The molecule has 0 atom stereocenters. The molecule has 0 spiro atoms. The standard InChI is InChI=1S/C27H24S4/c1-16-24(14-26(30-16)18-6-10-20(28)11-7-18)22-4-3-5-23(22)25-15-27(31-17(25)2)19-8-12-21(29)13-9-19/h6-15,28-29H,3-5H2,1-2H3. The summed E-state index contributed by atoms with van der Waals surface area (Å²) in [6.07, 6.45) is 3.57. The molecule has 4 heteroatoms. The highest BCUT2D eigenvalue weighted by atomic mass is 32.1. The highest BCUT2D eigenvalue weighted by Crippen LogP contribution is 2.47. The number of allylic oxidation sites excluding steroid dienone is 2. The van der Waals surface area contributed by atoms with Crippen molar-refractivity contribution in [2.24, 2.45) is 0 Å². The Morgan fingerprint density at radius 3 is 1.39 bits per heavy atom. The molecule has 0 nitrogen and oxygen atoms in total. The summed E-state index contributed by atoms with van der Waals surface area (Å²) in [4.78, 5) is 7.52. The molecule has 0 saturated heterocycles. The predicted octanol–water partition coefficient (Wildman–Crippen LogP) is 9.43. The van der Waals surface area contributed by atoms with E-state index in [1.165, 1.54) is 61.0 Å². The lowest BCUT2D eigenvalue weighted by Crippen LogP contribution is -1.86. The minimum absolute atomic E-state index is 1.01. The number of thiol groups is 2. The maximum atomic E-state index is 4.43. The first kappa shape index (κ1) is 21.1. The highest BCUT2D eigenvalue weighted by molar-refractivity contribution is 7.80. The minimum Gasteiger partial charge on any atom is -0.143 e. The van der Waals surface area contributed by atoms with Crippen LogP contribution in [0.25, 0.3) is 32.0 Å². The lowest BCUT2D eigenvalue weighted by molar-refractivity contribution is 0.941. The van der Waals surface area contributed by atoms with Crippen molar-refractivity contribution >= 4 is 59.1 Å². The van der Waals surface area contributed by atoms with Crippen molar-refractivity contribution in [3.05, 3.63) is 81.5 Å². The summed E-state index contributed by atoms with van der Waals surface area (Å²) >= 11 is 12.7. The topological polar surface area (TPSA) is 0 Å². The van der Waals surface area contributed by atoms with Crippen LogP contribution in [0.2, 0.25) is 0 Å². The summed E-state index contributed by atoms with van der Waals surface area (Å²) in [6, 6.07) is 21.8. The molecule has 31 heavy (non-hydrogen) atoms. The Kier molecular flexibility index (Phi) is 5.91. The second-order valence-corrected chi connectivity index (χ2v) is 11.6. The molecule has 0 bridgehead atoms.